The minimum absolute atomic E-state index is 0.0618. The summed E-state index contributed by atoms with van der Waals surface area (Å²) in [6.45, 7) is 0. The van der Waals surface area contributed by atoms with Crippen molar-refractivity contribution in [1.82, 2.24) is 0 Å². The van der Waals surface area contributed by atoms with Crippen molar-refractivity contribution in [3.05, 3.63) is 65.3 Å². The molecule has 0 saturated heterocycles. The Labute approximate surface area is 148 Å². The van der Waals surface area contributed by atoms with E-state index < -0.39 is 23.7 Å². The van der Waals surface area contributed by atoms with Crippen molar-refractivity contribution in [1.29, 1.82) is 0 Å². The number of carbonyl (C=O) groups is 3. The van der Waals surface area contributed by atoms with Crippen LogP contribution in [0.4, 0.5) is 10.1 Å². The summed E-state index contributed by atoms with van der Waals surface area (Å²) in [6.07, 6.45) is 5.94. The fourth-order valence-electron chi connectivity index (χ4n) is 2.30. The molecule has 0 aromatic heterocycles. The first-order valence-corrected chi connectivity index (χ1v) is 7.37. The highest BCUT2D eigenvalue weighted by Crippen LogP contribution is 2.28. The highest BCUT2D eigenvalue weighted by Gasteiger charge is 2.28. The maximum atomic E-state index is 13.9. The molecule has 0 atom stereocenters. The summed E-state index contributed by atoms with van der Waals surface area (Å²) in [5.41, 5.74) is -0.284. The molecule has 0 saturated carbocycles. The van der Waals surface area contributed by atoms with E-state index >= 15 is 0 Å². The first kappa shape index (κ1) is 18.9. The van der Waals surface area contributed by atoms with E-state index in [4.69, 9.17) is 9.47 Å². The highest BCUT2D eigenvalue weighted by atomic mass is 19.1. The molecule has 0 fully saturated rings. The van der Waals surface area contributed by atoms with E-state index in [2.05, 4.69) is 4.74 Å². The second kappa shape index (κ2) is 8.11. The number of hydrogen-bond donors (Lipinski definition) is 0. The number of hydrogen-bond acceptors (Lipinski definition) is 7. The van der Waals surface area contributed by atoms with Crippen LogP contribution in [0.1, 0.15) is 10.4 Å². The molecule has 136 valence electrons. The van der Waals surface area contributed by atoms with E-state index in [0.717, 1.165) is 20.3 Å². The van der Waals surface area contributed by atoms with Gasteiger partial charge in [0.05, 0.1) is 32.5 Å². The van der Waals surface area contributed by atoms with Crippen LogP contribution in [0.2, 0.25) is 0 Å². The lowest BCUT2D eigenvalue weighted by Crippen LogP contribution is -2.27. The number of carbonyl (C=O) groups excluding carboxylic acids is 3. The Morgan fingerprint density at radius 1 is 0.923 bits per heavy atom. The lowest BCUT2D eigenvalue weighted by molar-refractivity contribution is -0.139. The van der Waals surface area contributed by atoms with Crippen molar-refractivity contribution in [2.45, 2.75) is 0 Å². The fourth-order valence-corrected chi connectivity index (χ4v) is 2.30. The predicted octanol–water partition coefficient (Wildman–Crippen LogP) is 2.10. The molecule has 26 heavy (non-hydrogen) atoms. The molecule has 7 nitrogen and oxygen atoms in total. The van der Waals surface area contributed by atoms with Crippen LogP contribution in [0.25, 0.3) is 0 Å². The highest BCUT2D eigenvalue weighted by molar-refractivity contribution is 6.05. The number of benzene rings is 1. The Morgan fingerprint density at radius 3 is 2.19 bits per heavy atom. The van der Waals surface area contributed by atoms with Gasteiger partial charge in [-0.2, -0.15) is 0 Å². The predicted molar refractivity (Wildman–Crippen MR) is 89.6 cm³/mol. The van der Waals surface area contributed by atoms with Crippen molar-refractivity contribution >= 4 is 23.6 Å². The zero-order chi connectivity index (χ0) is 19.3. The molecule has 8 heteroatoms. The molecular formula is C18H16FNO6. The average molecular weight is 361 g/mol. The van der Waals surface area contributed by atoms with Gasteiger partial charge in [0.15, 0.2) is 0 Å². The number of rotatable bonds is 4. The van der Waals surface area contributed by atoms with Gasteiger partial charge in [-0.15, -0.1) is 0 Å². The van der Waals surface area contributed by atoms with E-state index in [0.29, 0.717) is 0 Å². The van der Waals surface area contributed by atoms with Crippen LogP contribution < -0.4 is 4.90 Å². The monoisotopic (exact) mass is 361 g/mol. The van der Waals surface area contributed by atoms with Crippen molar-refractivity contribution in [3.8, 4) is 0 Å². The van der Waals surface area contributed by atoms with Crippen molar-refractivity contribution in [2.24, 2.45) is 0 Å². The number of nitrogens with zero attached hydrogens (tertiary/aromatic N) is 1. The summed E-state index contributed by atoms with van der Waals surface area (Å²) in [5, 5.41) is 0. The molecule has 1 aromatic rings. The fraction of sp³-hybridized carbons (Fsp3) is 0.167. The average Bonchev–Trinajstić information content (AvgIpc) is 2.89. The first-order chi connectivity index (χ1) is 12.4. The van der Waals surface area contributed by atoms with Gasteiger partial charge in [-0.1, -0.05) is 6.08 Å². The molecular weight excluding hydrogens is 345 g/mol. The Bertz CT molecular complexity index is 840. The minimum atomic E-state index is -0.877. The zero-order valence-corrected chi connectivity index (χ0v) is 14.3. The lowest BCUT2D eigenvalue weighted by atomic mass is 10.1. The largest absolute Gasteiger partial charge is 0.465 e. The maximum absolute atomic E-state index is 13.9. The number of halogens is 1. The van der Waals surface area contributed by atoms with Gasteiger partial charge in [-0.3, -0.25) is 0 Å². The summed E-state index contributed by atoms with van der Waals surface area (Å²) in [5.74, 6) is -3.23. The van der Waals surface area contributed by atoms with Gasteiger partial charge in [0.2, 0.25) is 0 Å². The van der Waals surface area contributed by atoms with Gasteiger partial charge in [-0.05, 0) is 30.4 Å². The van der Waals surface area contributed by atoms with Gasteiger partial charge < -0.3 is 19.1 Å². The van der Waals surface area contributed by atoms with Crippen LogP contribution in [0.3, 0.4) is 0 Å². The third-order valence-corrected chi connectivity index (χ3v) is 3.52. The van der Waals surface area contributed by atoms with Gasteiger partial charge in [0, 0.05) is 11.9 Å². The Morgan fingerprint density at radius 2 is 1.58 bits per heavy atom. The number of anilines is 1. The van der Waals surface area contributed by atoms with Crippen LogP contribution in [-0.2, 0) is 23.8 Å². The van der Waals surface area contributed by atoms with Crippen LogP contribution in [0, 0.1) is 5.82 Å². The second-order valence-corrected chi connectivity index (χ2v) is 4.97. The van der Waals surface area contributed by atoms with Gasteiger partial charge in [-0.25, -0.2) is 18.8 Å². The molecule has 1 aliphatic rings. The quantitative estimate of drug-likeness (QED) is 0.600. The summed E-state index contributed by atoms with van der Waals surface area (Å²) < 4.78 is 27.9. The standard InChI is InChI=1S/C18H16FNO6/c1-24-16(21)12-6-4-5-9-20(15(12)18(23)26-3)11-7-8-14(19)13(10-11)17(22)25-2/h4-10H,1-3H3. The molecule has 2 rings (SSSR count). The molecule has 0 spiro atoms. The normalized spacial score (nSPS) is 13.3. The van der Waals surface area contributed by atoms with Gasteiger partial charge in [0.25, 0.3) is 0 Å². The second-order valence-electron chi connectivity index (χ2n) is 4.97. The number of methoxy groups -OCH3 is 3. The Kier molecular flexibility index (Phi) is 5.90. The van der Waals surface area contributed by atoms with Gasteiger partial charge in [0.1, 0.15) is 11.5 Å². The van der Waals surface area contributed by atoms with E-state index in [9.17, 15) is 18.8 Å². The van der Waals surface area contributed by atoms with E-state index in [-0.39, 0.29) is 22.5 Å². The molecule has 0 amide bonds. The third kappa shape index (κ3) is 3.64. The molecule has 1 heterocycles. The van der Waals surface area contributed by atoms with Crippen LogP contribution in [-0.4, -0.2) is 39.2 Å². The first-order valence-electron chi connectivity index (χ1n) is 7.37. The molecule has 1 aliphatic heterocycles. The zero-order valence-electron chi connectivity index (χ0n) is 14.3. The maximum Gasteiger partial charge on any atom is 0.355 e. The molecule has 0 N–H and O–H groups in total. The number of esters is 3. The van der Waals surface area contributed by atoms with Crippen molar-refractivity contribution < 1.29 is 33.0 Å². The van der Waals surface area contributed by atoms with Crippen LogP contribution >= 0.6 is 0 Å². The molecule has 1 aromatic carbocycles. The minimum Gasteiger partial charge on any atom is -0.465 e. The Hall–Kier alpha value is -3.42. The van der Waals surface area contributed by atoms with E-state index in [1.807, 2.05) is 0 Å². The van der Waals surface area contributed by atoms with Crippen molar-refractivity contribution in [2.75, 3.05) is 26.2 Å². The molecule has 0 bridgehead atoms. The summed E-state index contributed by atoms with van der Waals surface area (Å²) in [7, 11) is 3.46. The Balaban J connectivity index is 2.67. The topological polar surface area (TPSA) is 82.1 Å². The van der Waals surface area contributed by atoms with E-state index in [1.54, 1.807) is 6.08 Å². The van der Waals surface area contributed by atoms with Crippen LogP contribution in [0.5, 0.6) is 0 Å². The summed E-state index contributed by atoms with van der Waals surface area (Å²) in [4.78, 5) is 37.4. The SMILES string of the molecule is COC(=O)C1=C(C(=O)OC)N(c2ccc(F)c(C(=O)OC)c2)C=CC=C1. The van der Waals surface area contributed by atoms with E-state index in [1.165, 1.54) is 42.5 Å². The smallest absolute Gasteiger partial charge is 0.355 e. The lowest BCUT2D eigenvalue weighted by Gasteiger charge is -2.23. The number of ether oxygens (including phenoxy) is 3. The summed E-state index contributed by atoms with van der Waals surface area (Å²) >= 11 is 0. The third-order valence-electron chi connectivity index (χ3n) is 3.52. The molecule has 0 aliphatic carbocycles. The van der Waals surface area contributed by atoms with Crippen molar-refractivity contribution in [3.63, 3.8) is 0 Å². The van der Waals surface area contributed by atoms with Crippen LogP contribution in [0.15, 0.2) is 53.9 Å². The number of allylic oxidation sites excluding steroid dienone is 2. The summed E-state index contributed by atoms with van der Waals surface area (Å²) in [6, 6.07) is 3.60. The van der Waals surface area contributed by atoms with Gasteiger partial charge >= 0.3 is 17.9 Å². The molecule has 0 unspecified atom stereocenters. The molecule has 0 radical (unpaired) electrons.